The van der Waals surface area contributed by atoms with E-state index in [9.17, 15) is 17.6 Å². The van der Waals surface area contributed by atoms with Crippen LogP contribution in [0.2, 0.25) is 0 Å². The summed E-state index contributed by atoms with van der Waals surface area (Å²) in [6, 6.07) is 8.24. The van der Waals surface area contributed by atoms with Crippen molar-refractivity contribution in [2.45, 2.75) is 13.0 Å². The first-order valence-electron chi connectivity index (χ1n) is 8.53. The third-order valence-electron chi connectivity index (χ3n) is 4.18. The van der Waals surface area contributed by atoms with Crippen LogP contribution in [0.5, 0.6) is 11.5 Å². The molecule has 3 rings (SSSR count). The topological polar surface area (TPSA) is 74.6 Å². The van der Waals surface area contributed by atoms with Crippen molar-refractivity contribution in [3.05, 3.63) is 58.1 Å². The highest BCUT2D eigenvalue weighted by atomic mass is 32.2. The molecule has 28 heavy (non-hydrogen) atoms. The minimum Gasteiger partial charge on any atom is -0.493 e. The summed E-state index contributed by atoms with van der Waals surface area (Å²) >= 11 is 1.11. The Morgan fingerprint density at radius 3 is 2.57 bits per heavy atom. The number of hydrogen-bond donors (Lipinski definition) is 0. The maximum atomic E-state index is 13.6. The molecule has 3 aromatic rings. The van der Waals surface area contributed by atoms with Crippen molar-refractivity contribution in [1.82, 2.24) is 3.96 Å². The van der Waals surface area contributed by atoms with Crippen LogP contribution in [0, 0.1) is 5.82 Å². The fraction of sp³-hybridized carbons (Fsp3) is 0.316. The molecule has 150 valence electrons. The summed E-state index contributed by atoms with van der Waals surface area (Å²) in [5.74, 6) is 0.174. The molecular weight excluding hydrogens is 405 g/mol. The second-order valence-corrected chi connectivity index (χ2v) is 9.51. The lowest BCUT2D eigenvalue weighted by molar-refractivity contribution is 0.310. The molecule has 0 aliphatic rings. The number of ether oxygens (including phenoxy) is 2. The Kier molecular flexibility index (Phi) is 5.76. The first-order chi connectivity index (χ1) is 13.2. The Hall–Kier alpha value is -2.39. The van der Waals surface area contributed by atoms with Crippen LogP contribution >= 0.6 is 11.5 Å². The lowest BCUT2D eigenvalue weighted by Gasteiger charge is -2.19. The number of nitrogens with zero attached hydrogens (tertiary/aromatic N) is 1. The van der Waals surface area contributed by atoms with Crippen LogP contribution in [0.4, 0.5) is 4.39 Å². The van der Waals surface area contributed by atoms with Gasteiger partial charge in [-0.25, -0.2) is 12.8 Å². The van der Waals surface area contributed by atoms with Crippen LogP contribution in [0.25, 0.3) is 10.1 Å². The van der Waals surface area contributed by atoms with Crippen molar-refractivity contribution in [3.63, 3.8) is 0 Å². The van der Waals surface area contributed by atoms with Crippen LogP contribution in [-0.4, -0.2) is 38.1 Å². The third kappa shape index (κ3) is 4.20. The summed E-state index contributed by atoms with van der Waals surface area (Å²) in [5.41, 5.74) is 0.158. The Morgan fingerprint density at radius 1 is 1.18 bits per heavy atom. The van der Waals surface area contributed by atoms with E-state index in [2.05, 4.69) is 0 Å². The highest BCUT2D eigenvalue weighted by Gasteiger charge is 2.24. The van der Waals surface area contributed by atoms with Crippen molar-refractivity contribution < 1.29 is 22.3 Å². The molecule has 0 bridgehead atoms. The molecular formula is C19H20FNO5S2. The fourth-order valence-electron chi connectivity index (χ4n) is 2.98. The molecule has 9 heteroatoms. The lowest BCUT2D eigenvalue weighted by Crippen LogP contribution is -2.26. The molecule has 0 aliphatic carbocycles. The summed E-state index contributed by atoms with van der Waals surface area (Å²) in [6.07, 6.45) is 1.12. The fourth-order valence-corrected chi connectivity index (χ4v) is 5.07. The largest absolute Gasteiger partial charge is 0.493 e. The van der Waals surface area contributed by atoms with Gasteiger partial charge in [0.25, 0.3) is 5.56 Å². The van der Waals surface area contributed by atoms with Crippen LogP contribution in [0.3, 0.4) is 0 Å². The lowest BCUT2D eigenvalue weighted by atomic mass is 10.1. The Bertz CT molecular complexity index is 1170. The van der Waals surface area contributed by atoms with Gasteiger partial charge in [0.15, 0.2) is 11.5 Å². The van der Waals surface area contributed by atoms with Gasteiger partial charge >= 0.3 is 0 Å². The summed E-state index contributed by atoms with van der Waals surface area (Å²) < 4.78 is 50.5. The molecule has 1 heterocycles. The highest BCUT2D eigenvalue weighted by molar-refractivity contribution is 7.90. The molecule has 1 atom stereocenters. The molecule has 1 aromatic heterocycles. The number of sulfone groups is 1. The monoisotopic (exact) mass is 425 g/mol. The first kappa shape index (κ1) is 20.3. The van der Waals surface area contributed by atoms with E-state index in [0.29, 0.717) is 28.4 Å². The molecule has 0 saturated carbocycles. The van der Waals surface area contributed by atoms with Gasteiger partial charge in [-0.2, -0.15) is 0 Å². The average molecular weight is 426 g/mol. The number of methoxy groups -OCH3 is 1. The van der Waals surface area contributed by atoms with Crippen LogP contribution in [0.1, 0.15) is 18.5 Å². The molecule has 0 N–H and O–H groups in total. The molecule has 6 nitrogen and oxygen atoms in total. The smallest absolute Gasteiger partial charge is 0.269 e. The molecule has 0 radical (unpaired) electrons. The minimum absolute atomic E-state index is 0.224. The van der Waals surface area contributed by atoms with Gasteiger partial charge in [-0.1, -0.05) is 17.6 Å². The number of fused-ring (bicyclic) bond motifs is 1. The van der Waals surface area contributed by atoms with E-state index in [-0.39, 0.29) is 11.1 Å². The van der Waals surface area contributed by atoms with E-state index in [1.807, 2.05) is 6.92 Å². The second-order valence-electron chi connectivity index (χ2n) is 6.31. The number of rotatable bonds is 7. The molecule has 0 fully saturated rings. The summed E-state index contributed by atoms with van der Waals surface area (Å²) in [5, 5.41) is 0.224. The predicted molar refractivity (Wildman–Crippen MR) is 108 cm³/mol. The molecule has 0 aliphatic heterocycles. The Balaban J connectivity index is 2.20. The predicted octanol–water partition coefficient (Wildman–Crippen LogP) is 3.24. The number of benzene rings is 2. The van der Waals surface area contributed by atoms with E-state index in [1.165, 1.54) is 29.3 Å². The zero-order valence-electron chi connectivity index (χ0n) is 15.6. The van der Waals surface area contributed by atoms with E-state index in [0.717, 1.165) is 17.8 Å². The van der Waals surface area contributed by atoms with Gasteiger partial charge in [-0.05, 0) is 42.8 Å². The summed E-state index contributed by atoms with van der Waals surface area (Å²) in [7, 11) is -1.91. The summed E-state index contributed by atoms with van der Waals surface area (Å²) in [6.45, 7) is 2.23. The van der Waals surface area contributed by atoms with E-state index in [4.69, 9.17) is 9.47 Å². The maximum absolute atomic E-state index is 13.6. The van der Waals surface area contributed by atoms with Crippen molar-refractivity contribution in [1.29, 1.82) is 0 Å². The highest BCUT2D eigenvalue weighted by Crippen LogP contribution is 2.33. The Morgan fingerprint density at radius 2 is 1.93 bits per heavy atom. The number of halogens is 1. The second kappa shape index (κ2) is 7.92. The van der Waals surface area contributed by atoms with Crippen molar-refractivity contribution in [3.8, 4) is 11.5 Å². The van der Waals surface area contributed by atoms with Gasteiger partial charge in [0.2, 0.25) is 0 Å². The molecule has 0 amide bonds. The molecule has 0 spiro atoms. The van der Waals surface area contributed by atoms with Gasteiger partial charge in [0.1, 0.15) is 15.7 Å². The van der Waals surface area contributed by atoms with Gasteiger partial charge in [-0.15, -0.1) is 0 Å². The molecule has 0 saturated heterocycles. The van der Waals surface area contributed by atoms with E-state index in [1.54, 1.807) is 18.2 Å². The van der Waals surface area contributed by atoms with Crippen molar-refractivity contribution in [2.24, 2.45) is 0 Å². The van der Waals surface area contributed by atoms with Crippen LogP contribution in [-0.2, 0) is 9.84 Å². The van der Waals surface area contributed by atoms with Gasteiger partial charge < -0.3 is 9.47 Å². The zero-order chi connectivity index (χ0) is 20.5. The number of hydrogen-bond acceptors (Lipinski definition) is 6. The molecule has 2 aromatic carbocycles. The Labute approximate surface area is 166 Å². The molecule has 0 unspecified atom stereocenters. The SMILES string of the molecule is CCOc1cc([C@@H](CS(C)(=O)=O)n2sc3ccc(F)cc3c2=O)ccc1OC. The van der Waals surface area contributed by atoms with Crippen LogP contribution in [0.15, 0.2) is 41.2 Å². The summed E-state index contributed by atoms with van der Waals surface area (Å²) in [4.78, 5) is 12.9. The zero-order valence-corrected chi connectivity index (χ0v) is 17.3. The number of aromatic nitrogens is 1. The van der Waals surface area contributed by atoms with Crippen LogP contribution < -0.4 is 15.0 Å². The third-order valence-corrected chi connectivity index (χ3v) is 6.28. The van der Waals surface area contributed by atoms with E-state index >= 15 is 0 Å². The van der Waals surface area contributed by atoms with Gasteiger partial charge in [0.05, 0.1) is 35.6 Å². The average Bonchev–Trinajstić information content (AvgIpc) is 2.95. The standard InChI is InChI=1S/C19H20FNO5S2/c1-4-26-17-9-12(5-7-16(17)25-2)15(11-28(3,23)24)21-19(22)14-10-13(20)6-8-18(14)27-21/h5-10,15H,4,11H2,1-3H3/t15-/m1/s1. The first-order valence-corrected chi connectivity index (χ1v) is 11.4. The van der Waals surface area contributed by atoms with Gasteiger partial charge in [0, 0.05) is 6.26 Å². The van der Waals surface area contributed by atoms with Crippen molar-refractivity contribution >= 4 is 31.5 Å². The van der Waals surface area contributed by atoms with Gasteiger partial charge in [-0.3, -0.25) is 8.75 Å². The quantitative estimate of drug-likeness (QED) is 0.581. The maximum Gasteiger partial charge on any atom is 0.269 e. The normalized spacial score (nSPS) is 12.9. The van der Waals surface area contributed by atoms with Crippen molar-refractivity contribution in [2.75, 3.05) is 25.7 Å². The van der Waals surface area contributed by atoms with E-state index < -0.39 is 27.3 Å². The minimum atomic E-state index is -3.42.